The lowest BCUT2D eigenvalue weighted by Crippen LogP contribution is -2.28. The number of halogens is 1. The number of aromatic nitrogens is 2. The van der Waals surface area contributed by atoms with Gasteiger partial charge in [-0.3, -0.25) is 4.68 Å². The molecule has 6 nitrogen and oxygen atoms in total. The molecular weight excluding hydrogens is 288 g/mol. The average Bonchev–Trinajstić information content (AvgIpc) is 2.70. The van der Waals surface area contributed by atoms with Crippen LogP contribution in [0.1, 0.15) is 12.8 Å². The zero-order valence-corrected chi connectivity index (χ0v) is 12.3. The number of nitrogens with zero attached hydrogens (tertiary/aromatic N) is 2. The molecule has 1 aromatic heterocycles. The number of nitrogens with one attached hydrogen (secondary N) is 2. The lowest BCUT2D eigenvalue weighted by molar-refractivity contribution is 0.562. The molecule has 0 fully saturated rings. The molecule has 2 rings (SSSR count). The van der Waals surface area contributed by atoms with Gasteiger partial charge in [0, 0.05) is 20.1 Å². The summed E-state index contributed by atoms with van der Waals surface area (Å²) in [6, 6.07) is 0. The molecule has 0 spiro atoms. The minimum absolute atomic E-state index is 0.00783. The summed E-state index contributed by atoms with van der Waals surface area (Å²) < 4.78 is 28.0. The van der Waals surface area contributed by atoms with Gasteiger partial charge in [0.2, 0.25) is 0 Å². The monoisotopic (exact) mass is 304 g/mol. The van der Waals surface area contributed by atoms with Crippen molar-refractivity contribution in [3.8, 4) is 0 Å². The maximum absolute atomic E-state index is 12.1. The van der Waals surface area contributed by atoms with Crippen LogP contribution >= 0.6 is 11.6 Å². The van der Waals surface area contributed by atoms with E-state index in [0.717, 1.165) is 25.9 Å². The summed E-state index contributed by atoms with van der Waals surface area (Å²) in [5.41, 5.74) is 1.28. The molecule has 0 unspecified atom stereocenters. The van der Waals surface area contributed by atoms with Gasteiger partial charge in [0.25, 0.3) is 10.0 Å². The number of hydrogen-bond donors (Lipinski definition) is 2. The molecule has 106 valence electrons. The highest BCUT2D eigenvalue weighted by atomic mass is 35.5. The summed E-state index contributed by atoms with van der Waals surface area (Å²) in [7, 11) is -2.05. The molecule has 0 saturated carbocycles. The third-order valence-corrected chi connectivity index (χ3v) is 4.96. The maximum Gasteiger partial charge on any atom is 0.259 e. The van der Waals surface area contributed by atoms with E-state index in [1.165, 1.54) is 16.5 Å². The molecule has 1 aliphatic rings. The lowest BCUT2D eigenvalue weighted by Gasteiger charge is -2.14. The number of sulfonamides is 1. The standard InChI is InChI=1S/C11H17ClN4O2S/c1-16-11(10(12)8-14-16)19(17,18)15-7-4-9-2-5-13-6-3-9/h2,8,13,15H,3-7H2,1H3. The van der Waals surface area contributed by atoms with Crippen molar-refractivity contribution in [2.75, 3.05) is 19.6 Å². The van der Waals surface area contributed by atoms with Gasteiger partial charge in [-0.1, -0.05) is 23.3 Å². The molecule has 1 aliphatic heterocycles. The van der Waals surface area contributed by atoms with Crippen LogP contribution in [-0.4, -0.2) is 37.8 Å². The van der Waals surface area contributed by atoms with Gasteiger partial charge in [0.15, 0.2) is 5.03 Å². The summed E-state index contributed by atoms with van der Waals surface area (Å²) in [6.07, 6.45) is 5.12. The molecule has 0 atom stereocenters. The Labute approximate surface area is 117 Å². The van der Waals surface area contributed by atoms with Crippen LogP contribution in [0.3, 0.4) is 0 Å². The summed E-state index contributed by atoms with van der Waals surface area (Å²) >= 11 is 5.84. The van der Waals surface area contributed by atoms with Gasteiger partial charge in [0.1, 0.15) is 0 Å². The second-order valence-corrected chi connectivity index (χ2v) is 6.47. The van der Waals surface area contributed by atoms with E-state index < -0.39 is 10.0 Å². The smallest absolute Gasteiger partial charge is 0.259 e. The fraction of sp³-hybridized carbons (Fsp3) is 0.545. The molecule has 0 radical (unpaired) electrons. The van der Waals surface area contributed by atoms with Crippen molar-refractivity contribution in [1.29, 1.82) is 0 Å². The Balaban J connectivity index is 1.97. The first-order chi connectivity index (χ1) is 9.00. The van der Waals surface area contributed by atoms with E-state index in [0.29, 0.717) is 6.54 Å². The van der Waals surface area contributed by atoms with Crippen molar-refractivity contribution in [3.05, 3.63) is 22.9 Å². The first-order valence-corrected chi connectivity index (χ1v) is 7.92. The summed E-state index contributed by atoms with van der Waals surface area (Å²) in [5.74, 6) is 0. The van der Waals surface area contributed by atoms with E-state index in [1.54, 1.807) is 7.05 Å². The summed E-state index contributed by atoms with van der Waals surface area (Å²) in [5, 5.41) is 7.18. The highest BCUT2D eigenvalue weighted by molar-refractivity contribution is 7.89. The van der Waals surface area contributed by atoms with Gasteiger partial charge < -0.3 is 5.32 Å². The van der Waals surface area contributed by atoms with Crippen LogP contribution in [0.4, 0.5) is 0 Å². The van der Waals surface area contributed by atoms with Crippen LogP contribution in [-0.2, 0) is 17.1 Å². The zero-order valence-electron chi connectivity index (χ0n) is 10.7. The SMILES string of the molecule is Cn1ncc(Cl)c1S(=O)(=O)NCCC1=CCNCC1. The number of hydrogen-bond acceptors (Lipinski definition) is 4. The van der Waals surface area contributed by atoms with Gasteiger partial charge in [0.05, 0.1) is 11.2 Å². The van der Waals surface area contributed by atoms with Crippen LogP contribution in [0, 0.1) is 0 Å². The number of rotatable bonds is 5. The van der Waals surface area contributed by atoms with Gasteiger partial charge in [-0.25, -0.2) is 13.1 Å². The third kappa shape index (κ3) is 3.56. The zero-order chi connectivity index (χ0) is 13.9. The van der Waals surface area contributed by atoms with E-state index in [9.17, 15) is 8.42 Å². The molecule has 0 saturated heterocycles. The minimum atomic E-state index is -3.60. The fourth-order valence-electron chi connectivity index (χ4n) is 2.01. The van der Waals surface area contributed by atoms with Crippen molar-refractivity contribution >= 4 is 21.6 Å². The Kier molecular flexibility index (Phi) is 4.62. The largest absolute Gasteiger partial charge is 0.313 e. The maximum atomic E-state index is 12.1. The topological polar surface area (TPSA) is 76.0 Å². The summed E-state index contributed by atoms with van der Waals surface area (Å²) in [4.78, 5) is 0. The van der Waals surface area contributed by atoms with E-state index in [4.69, 9.17) is 11.6 Å². The third-order valence-electron chi connectivity index (χ3n) is 2.99. The molecule has 8 heteroatoms. The lowest BCUT2D eigenvalue weighted by atomic mass is 10.1. The van der Waals surface area contributed by atoms with Gasteiger partial charge >= 0.3 is 0 Å². The van der Waals surface area contributed by atoms with Crippen molar-refractivity contribution in [1.82, 2.24) is 19.8 Å². The molecule has 2 N–H and O–H groups in total. The molecule has 19 heavy (non-hydrogen) atoms. The highest BCUT2D eigenvalue weighted by Crippen LogP contribution is 2.19. The predicted molar refractivity (Wildman–Crippen MR) is 73.6 cm³/mol. The van der Waals surface area contributed by atoms with Crippen LogP contribution in [0.5, 0.6) is 0 Å². The van der Waals surface area contributed by atoms with E-state index >= 15 is 0 Å². The second kappa shape index (κ2) is 6.04. The first-order valence-electron chi connectivity index (χ1n) is 6.06. The van der Waals surface area contributed by atoms with Crippen LogP contribution in [0.2, 0.25) is 5.02 Å². The fourth-order valence-corrected chi connectivity index (χ4v) is 3.70. The normalized spacial score (nSPS) is 16.4. The predicted octanol–water partition coefficient (Wildman–Crippen LogP) is 0.662. The number of aryl methyl sites for hydroxylation is 1. The molecule has 0 aromatic carbocycles. The molecule has 2 heterocycles. The van der Waals surface area contributed by atoms with E-state index in [2.05, 4.69) is 21.2 Å². The first kappa shape index (κ1) is 14.5. The molecular formula is C11H17ClN4O2S. The van der Waals surface area contributed by atoms with Crippen molar-refractivity contribution in [2.24, 2.45) is 7.05 Å². The molecule has 0 bridgehead atoms. The quantitative estimate of drug-likeness (QED) is 0.784. The van der Waals surface area contributed by atoms with Crippen molar-refractivity contribution in [3.63, 3.8) is 0 Å². The summed E-state index contributed by atoms with van der Waals surface area (Å²) in [6.45, 7) is 2.18. The van der Waals surface area contributed by atoms with Crippen molar-refractivity contribution in [2.45, 2.75) is 17.9 Å². The second-order valence-electron chi connectivity index (χ2n) is 4.39. The minimum Gasteiger partial charge on any atom is -0.313 e. The van der Waals surface area contributed by atoms with Crippen LogP contribution in [0.25, 0.3) is 0 Å². The van der Waals surface area contributed by atoms with Gasteiger partial charge in [-0.05, 0) is 19.4 Å². The Morgan fingerprint density at radius 1 is 1.58 bits per heavy atom. The van der Waals surface area contributed by atoms with Gasteiger partial charge in [-0.2, -0.15) is 5.10 Å². The molecule has 1 aromatic rings. The van der Waals surface area contributed by atoms with E-state index in [1.807, 2.05) is 0 Å². The van der Waals surface area contributed by atoms with Crippen LogP contribution < -0.4 is 10.0 Å². The Morgan fingerprint density at radius 2 is 2.37 bits per heavy atom. The average molecular weight is 305 g/mol. The molecule has 0 amide bonds. The highest BCUT2D eigenvalue weighted by Gasteiger charge is 2.22. The van der Waals surface area contributed by atoms with Crippen molar-refractivity contribution < 1.29 is 8.42 Å². The Morgan fingerprint density at radius 3 is 2.95 bits per heavy atom. The van der Waals surface area contributed by atoms with E-state index in [-0.39, 0.29) is 10.0 Å². The van der Waals surface area contributed by atoms with Crippen LogP contribution in [0.15, 0.2) is 22.9 Å². The van der Waals surface area contributed by atoms with Gasteiger partial charge in [-0.15, -0.1) is 0 Å². The Bertz CT molecular complexity index is 560. The Hall–Kier alpha value is -0.890. The molecule has 0 aliphatic carbocycles.